The molecular formula is C16H14N2O2. The molecule has 0 atom stereocenters. The van der Waals surface area contributed by atoms with Crippen LogP contribution in [-0.4, -0.2) is 10.8 Å². The van der Waals surface area contributed by atoms with Crippen LogP contribution in [0.4, 0.5) is 0 Å². The quantitative estimate of drug-likeness (QED) is 0.776. The summed E-state index contributed by atoms with van der Waals surface area (Å²) >= 11 is 0. The summed E-state index contributed by atoms with van der Waals surface area (Å²) in [6, 6.07) is 12.8. The number of carbonyl (C=O) groups is 1. The zero-order valence-electron chi connectivity index (χ0n) is 11.2. The van der Waals surface area contributed by atoms with E-state index in [4.69, 9.17) is 10.00 Å². The van der Waals surface area contributed by atoms with Crippen molar-refractivity contribution in [2.75, 3.05) is 0 Å². The van der Waals surface area contributed by atoms with Crippen molar-refractivity contribution in [2.24, 2.45) is 0 Å². The summed E-state index contributed by atoms with van der Waals surface area (Å²) in [5.74, 6) is 1.26. The topological polar surface area (TPSA) is 63.0 Å². The number of nitrogens with zero attached hydrogens (tertiary/aromatic N) is 2. The van der Waals surface area contributed by atoms with Crippen molar-refractivity contribution in [1.29, 1.82) is 5.26 Å². The first-order chi connectivity index (χ1) is 9.72. The van der Waals surface area contributed by atoms with Crippen molar-refractivity contribution in [2.45, 2.75) is 19.8 Å². The average molecular weight is 266 g/mol. The van der Waals surface area contributed by atoms with Gasteiger partial charge in [-0.3, -0.25) is 4.79 Å². The van der Waals surface area contributed by atoms with Gasteiger partial charge in [0.1, 0.15) is 17.2 Å². The molecule has 0 unspecified atom stereocenters. The predicted octanol–water partition coefficient (Wildman–Crippen LogP) is 3.53. The Morgan fingerprint density at radius 3 is 2.45 bits per heavy atom. The SMILES string of the molecule is CCC(=O)c1ccc(Oc2ccc(CC#N)cc2)cn1. The molecule has 1 aromatic heterocycles. The van der Waals surface area contributed by atoms with Crippen LogP contribution in [0.5, 0.6) is 11.5 Å². The summed E-state index contributed by atoms with van der Waals surface area (Å²) in [7, 11) is 0. The second-order valence-corrected chi connectivity index (χ2v) is 4.24. The number of rotatable bonds is 5. The zero-order valence-corrected chi connectivity index (χ0v) is 11.2. The first kappa shape index (κ1) is 13.8. The highest BCUT2D eigenvalue weighted by Gasteiger charge is 2.05. The largest absolute Gasteiger partial charge is 0.456 e. The third-order valence-electron chi connectivity index (χ3n) is 2.79. The Balaban J connectivity index is 2.06. The van der Waals surface area contributed by atoms with E-state index in [-0.39, 0.29) is 5.78 Å². The summed E-state index contributed by atoms with van der Waals surface area (Å²) in [5, 5.41) is 8.60. The van der Waals surface area contributed by atoms with E-state index in [1.54, 1.807) is 31.2 Å². The van der Waals surface area contributed by atoms with Crippen molar-refractivity contribution in [3.8, 4) is 17.6 Å². The van der Waals surface area contributed by atoms with E-state index in [1.165, 1.54) is 6.20 Å². The lowest BCUT2D eigenvalue weighted by Gasteiger charge is -2.06. The minimum absolute atomic E-state index is 0.0115. The van der Waals surface area contributed by atoms with Crippen molar-refractivity contribution in [3.63, 3.8) is 0 Å². The number of ketones is 1. The maximum Gasteiger partial charge on any atom is 0.180 e. The molecule has 2 rings (SSSR count). The molecule has 0 saturated heterocycles. The number of nitriles is 1. The van der Waals surface area contributed by atoms with Crippen LogP contribution in [0.25, 0.3) is 0 Å². The molecule has 20 heavy (non-hydrogen) atoms. The van der Waals surface area contributed by atoms with Gasteiger partial charge in [-0.2, -0.15) is 5.26 Å². The molecule has 1 heterocycles. The summed E-state index contributed by atoms with van der Waals surface area (Å²) in [6.07, 6.45) is 2.36. The van der Waals surface area contributed by atoms with E-state index in [2.05, 4.69) is 11.1 Å². The van der Waals surface area contributed by atoms with Gasteiger partial charge in [0.2, 0.25) is 0 Å². The lowest BCUT2D eigenvalue weighted by Crippen LogP contribution is -1.99. The molecule has 1 aromatic carbocycles. The number of hydrogen-bond donors (Lipinski definition) is 0. The molecular weight excluding hydrogens is 252 g/mol. The highest BCUT2D eigenvalue weighted by Crippen LogP contribution is 2.21. The minimum atomic E-state index is 0.0115. The Hall–Kier alpha value is -2.67. The molecule has 100 valence electrons. The Kier molecular flexibility index (Phi) is 4.46. The number of benzene rings is 1. The smallest absolute Gasteiger partial charge is 0.180 e. The summed E-state index contributed by atoms with van der Waals surface area (Å²) < 4.78 is 5.62. The van der Waals surface area contributed by atoms with Crippen LogP contribution >= 0.6 is 0 Å². The van der Waals surface area contributed by atoms with Gasteiger partial charge >= 0.3 is 0 Å². The summed E-state index contributed by atoms with van der Waals surface area (Å²) in [4.78, 5) is 15.5. The molecule has 0 bridgehead atoms. The molecule has 0 aliphatic rings. The van der Waals surface area contributed by atoms with E-state index in [9.17, 15) is 4.79 Å². The van der Waals surface area contributed by atoms with Crippen LogP contribution in [0.2, 0.25) is 0 Å². The third-order valence-corrected chi connectivity index (χ3v) is 2.79. The van der Waals surface area contributed by atoms with E-state index >= 15 is 0 Å². The maximum absolute atomic E-state index is 11.5. The predicted molar refractivity (Wildman–Crippen MR) is 74.7 cm³/mol. The molecule has 0 aliphatic carbocycles. The Bertz CT molecular complexity index is 625. The van der Waals surface area contributed by atoms with Crippen molar-refractivity contribution >= 4 is 5.78 Å². The lowest BCUT2D eigenvalue weighted by molar-refractivity contribution is 0.0983. The van der Waals surface area contributed by atoms with Gasteiger partial charge in [0, 0.05) is 6.42 Å². The van der Waals surface area contributed by atoms with Gasteiger partial charge in [0.25, 0.3) is 0 Å². The number of aromatic nitrogens is 1. The Morgan fingerprint density at radius 2 is 1.90 bits per heavy atom. The summed E-state index contributed by atoms with van der Waals surface area (Å²) in [6.45, 7) is 1.80. The molecule has 4 heteroatoms. The number of ether oxygens (including phenoxy) is 1. The van der Waals surface area contributed by atoms with E-state index in [0.29, 0.717) is 30.0 Å². The molecule has 0 aliphatic heterocycles. The van der Waals surface area contributed by atoms with Gasteiger partial charge in [-0.25, -0.2) is 4.98 Å². The van der Waals surface area contributed by atoms with Gasteiger partial charge in [0.05, 0.1) is 18.7 Å². The van der Waals surface area contributed by atoms with Gasteiger partial charge in [-0.05, 0) is 29.8 Å². The van der Waals surface area contributed by atoms with E-state index in [1.807, 2.05) is 12.1 Å². The van der Waals surface area contributed by atoms with Gasteiger partial charge in [0.15, 0.2) is 5.78 Å². The van der Waals surface area contributed by atoms with Crippen LogP contribution in [0, 0.1) is 11.3 Å². The first-order valence-electron chi connectivity index (χ1n) is 6.36. The van der Waals surface area contributed by atoms with Crippen molar-refractivity contribution in [1.82, 2.24) is 4.98 Å². The third kappa shape index (κ3) is 3.42. The molecule has 4 nitrogen and oxygen atoms in total. The minimum Gasteiger partial charge on any atom is -0.456 e. The van der Waals surface area contributed by atoms with Crippen molar-refractivity contribution < 1.29 is 9.53 Å². The van der Waals surface area contributed by atoms with Crippen LogP contribution in [0.3, 0.4) is 0 Å². The normalized spacial score (nSPS) is 9.80. The van der Waals surface area contributed by atoms with Gasteiger partial charge in [-0.1, -0.05) is 19.1 Å². The molecule has 0 saturated carbocycles. The number of hydrogen-bond acceptors (Lipinski definition) is 4. The average Bonchev–Trinajstić information content (AvgIpc) is 2.49. The summed E-state index contributed by atoms with van der Waals surface area (Å²) in [5.41, 5.74) is 1.39. The zero-order chi connectivity index (χ0) is 14.4. The molecule has 0 spiro atoms. The second-order valence-electron chi connectivity index (χ2n) is 4.24. The van der Waals surface area contributed by atoms with Crippen LogP contribution in [0.1, 0.15) is 29.4 Å². The Morgan fingerprint density at radius 1 is 1.20 bits per heavy atom. The second kappa shape index (κ2) is 6.48. The van der Waals surface area contributed by atoms with Crippen molar-refractivity contribution in [3.05, 3.63) is 53.9 Å². The fourth-order valence-electron chi connectivity index (χ4n) is 1.69. The van der Waals surface area contributed by atoms with Crippen LogP contribution in [-0.2, 0) is 6.42 Å². The van der Waals surface area contributed by atoms with Gasteiger partial charge in [-0.15, -0.1) is 0 Å². The van der Waals surface area contributed by atoms with Gasteiger partial charge < -0.3 is 4.74 Å². The molecule has 0 amide bonds. The van der Waals surface area contributed by atoms with E-state index in [0.717, 1.165) is 5.56 Å². The highest BCUT2D eigenvalue weighted by molar-refractivity contribution is 5.93. The number of pyridine rings is 1. The number of Topliss-reactive ketones (excluding diaryl/α,β-unsaturated/α-hetero) is 1. The molecule has 0 N–H and O–H groups in total. The highest BCUT2D eigenvalue weighted by atomic mass is 16.5. The van der Waals surface area contributed by atoms with Crippen LogP contribution in [0.15, 0.2) is 42.6 Å². The lowest BCUT2D eigenvalue weighted by atomic mass is 10.2. The van der Waals surface area contributed by atoms with E-state index < -0.39 is 0 Å². The number of carbonyl (C=O) groups excluding carboxylic acids is 1. The Labute approximate surface area is 117 Å². The fourth-order valence-corrected chi connectivity index (χ4v) is 1.69. The molecule has 2 aromatic rings. The standard InChI is InChI=1S/C16H14N2O2/c1-2-16(19)15-8-7-14(11-18-15)20-13-5-3-12(4-6-13)9-10-17/h3-8,11H,2,9H2,1H3. The molecule has 0 radical (unpaired) electrons. The maximum atomic E-state index is 11.5. The fraction of sp³-hybridized carbons (Fsp3) is 0.188. The first-order valence-corrected chi connectivity index (χ1v) is 6.36. The molecule has 0 fully saturated rings. The monoisotopic (exact) mass is 266 g/mol. The van der Waals surface area contributed by atoms with Crippen LogP contribution < -0.4 is 4.74 Å².